The van der Waals surface area contributed by atoms with Gasteiger partial charge in [-0.25, -0.2) is 0 Å². The Hall–Kier alpha value is -0.530. The van der Waals surface area contributed by atoms with Crippen molar-refractivity contribution < 1.29 is 0 Å². The van der Waals surface area contributed by atoms with E-state index in [1.54, 1.807) is 0 Å². The number of benzene rings is 1. The third-order valence-electron chi connectivity index (χ3n) is 4.31. The van der Waals surface area contributed by atoms with Gasteiger partial charge in [0.1, 0.15) is 0 Å². The van der Waals surface area contributed by atoms with Crippen molar-refractivity contribution in [1.82, 2.24) is 5.32 Å². The largest absolute Gasteiger partial charge is 0.311 e. The average molecular weight is 250 g/mol. The van der Waals surface area contributed by atoms with Crippen LogP contribution in [0.2, 0.25) is 5.02 Å². The van der Waals surface area contributed by atoms with Gasteiger partial charge < -0.3 is 5.32 Å². The highest BCUT2D eigenvalue weighted by molar-refractivity contribution is 6.31. The van der Waals surface area contributed by atoms with E-state index in [4.69, 9.17) is 11.6 Å². The first-order valence-corrected chi connectivity index (χ1v) is 7.12. The predicted octanol–water partition coefficient (Wildman–Crippen LogP) is 3.97. The van der Waals surface area contributed by atoms with Crippen LogP contribution < -0.4 is 5.32 Å². The van der Waals surface area contributed by atoms with Gasteiger partial charge in [0.05, 0.1) is 0 Å². The van der Waals surface area contributed by atoms with Crippen molar-refractivity contribution in [3.63, 3.8) is 0 Å². The van der Waals surface area contributed by atoms with Crippen LogP contribution in [0.4, 0.5) is 0 Å². The van der Waals surface area contributed by atoms with E-state index in [9.17, 15) is 0 Å². The SMILES string of the molecule is CC(NC1CC(c2ccccc2Cl)C1)C1CC1. The van der Waals surface area contributed by atoms with Crippen LogP contribution in [0.5, 0.6) is 0 Å². The molecule has 17 heavy (non-hydrogen) atoms. The van der Waals surface area contributed by atoms with Crippen LogP contribution >= 0.6 is 11.6 Å². The molecule has 0 amide bonds. The van der Waals surface area contributed by atoms with Gasteiger partial charge in [-0.3, -0.25) is 0 Å². The van der Waals surface area contributed by atoms with Crippen LogP contribution in [-0.4, -0.2) is 12.1 Å². The van der Waals surface area contributed by atoms with Crippen molar-refractivity contribution in [2.75, 3.05) is 0 Å². The Morgan fingerprint density at radius 1 is 1.24 bits per heavy atom. The molecule has 0 aromatic heterocycles. The van der Waals surface area contributed by atoms with Gasteiger partial charge in [-0.05, 0) is 56.1 Å². The molecule has 1 N–H and O–H groups in total. The summed E-state index contributed by atoms with van der Waals surface area (Å²) in [6.07, 6.45) is 5.35. The molecule has 0 saturated heterocycles. The number of hydrogen-bond donors (Lipinski definition) is 1. The Labute approximate surface area is 109 Å². The maximum absolute atomic E-state index is 6.23. The first kappa shape index (κ1) is 11.6. The minimum Gasteiger partial charge on any atom is -0.311 e. The van der Waals surface area contributed by atoms with Crippen LogP contribution in [0.1, 0.15) is 44.1 Å². The number of nitrogens with one attached hydrogen (secondary N) is 1. The molecule has 1 aromatic rings. The lowest BCUT2D eigenvalue weighted by molar-refractivity contribution is 0.261. The van der Waals surface area contributed by atoms with Crippen molar-refractivity contribution in [3.05, 3.63) is 34.9 Å². The van der Waals surface area contributed by atoms with Crippen LogP contribution in [0.25, 0.3) is 0 Å². The number of halogens is 1. The Morgan fingerprint density at radius 3 is 2.59 bits per heavy atom. The van der Waals surface area contributed by atoms with Crippen molar-refractivity contribution in [3.8, 4) is 0 Å². The van der Waals surface area contributed by atoms with E-state index in [0.717, 1.165) is 10.9 Å². The normalized spacial score (nSPS) is 29.8. The van der Waals surface area contributed by atoms with Gasteiger partial charge in [-0.2, -0.15) is 0 Å². The highest BCUT2D eigenvalue weighted by Crippen LogP contribution is 2.41. The zero-order valence-corrected chi connectivity index (χ0v) is 11.1. The molecule has 0 spiro atoms. The lowest BCUT2D eigenvalue weighted by Crippen LogP contribution is -2.45. The first-order chi connectivity index (χ1) is 8.24. The standard InChI is InChI=1S/C15H20ClN/c1-10(11-6-7-11)17-13-8-12(9-13)14-4-2-3-5-15(14)16/h2-5,10-13,17H,6-9H2,1H3. The molecule has 2 aliphatic carbocycles. The maximum atomic E-state index is 6.23. The van der Waals surface area contributed by atoms with Gasteiger partial charge in [0.2, 0.25) is 0 Å². The minimum atomic E-state index is 0.674. The van der Waals surface area contributed by atoms with Gasteiger partial charge in [0.25, 0.3) is 0 Å². The summed E-state index contributed by atoms with van der Waals surface area (Å²) in [5, 5.41) is 4.69. The Balaban J connectivity index is 1.52. The highest BCUT2D eigenvalue weighted by Gasteiger charge is 2.35. The summed E-state index contributed by atoms with van der Waals surface area (Å²) in [4.78, 5) is 0. The quantitative estimate of drug-likeness (QED) is 0.851. The van der Waals surface area contributed by atoms with Crippen molar-refractivity contribution >= 4 is 11.6 Å². The van der Waals surface area contributed by atoms with E-state index in [1.165, 1.54) is 31.2 Å². The molecule has 0 radical (unpaired) electrons. The minimum absolute atomic E-state index is 0.674. The molecule has 92 valence electrons. The third-order valence-corrected chi connectivity index (χ3v) is 4.66. The van der Waals surface area contributed by atoms with E-state index in [-0.39, 0.29) is 0 Å². The van der Waals surface area contributed by atoms with Gasteiger partial charge in [-0.1, -0.05) is 29.8 Å². The van der Waals surface area contributed by atoms with Crippen LogP contribution in [-0.2, 0) is 0 Å². The fourth-order valence-corrected chi connectivity index (χ4v) is 3.21. The summed E-state index contributed by atoms with van der Waals surface area (Å²) in [7, 11) is 0. The summed E-state index contributed by atoms with van der Waals surface area (Å²) >= 11 is 6.23. The van der Waals surface area contributed by atoms with E-state index >= 15 is 0 Å². The lowest BCUT2D eigenvalue weighted by Gasteiger charge is -2.38. The second kappa shape index (κ2) is 4.62. The summed E-state index contributed by atoms with van der Waals surface area (Å²) in [6, 6.07) is 9.71. The molecular formula is C15H20ClN. The molecule has 0 bridgehead atoms. The molecule has 0 heterocycles. The molecule has 1 atom stereocenters. The Morgan fingerprint density at radius 2 is 1.94 bits per heavy atom. The molecule has 2 heteroatoms. The second-order valence-electron chi connectivity index (χ2n) is 5.68. The van der Waals surface area contributed by atoms with Crippen molar-refractivity contribution in [1.29, 1.82) is 0 Å². The van der Waals surface area contributed by atoms with Gasteiger partial charge in [0.15, 0.2) is 0 Å². The molecule has 0 aliphatic heterocycles. The van der Waals surface area contributed by atoms with E-state index in [2.05, 4.69) is 24.4 Å². The molecule has 1 unspecified atom stereocenters. The van der Waals surface area contributed by atoms with Crippen LogP contribution in [0.3, 0.4) is 0 Å². The lowest BCUT2D eigenvalue weighted by atomic mass is 9.75. The molecule has 3 rings (SSSR count). The number of hydrogen-bond acceptors (Lipinski definition) is 1. The van der Waals surface area contributed by atoms with Crippen molar-refractivity contribution in [2.24, 2.45) is 5.92 Å². The van der Waals surface area contributed by atoms with Gasteiger partial charge in [0, 0.05) is 17.1 Å². The van der Waals surface area contributed by atoms with E-state index in [1.807, 2.05) is 12.1 Å². The predicted molar refractivity (Wildman–Crippen MR) is 72.5 cm³/mol. The molecule has 1 nitrogen and oxygen atoms in total. The molecular weight excluding hydrogens is 230 g/mol. The van der Waals surface area contributed by atoms with Gasteiger partial charge >= 0.3 is 0 Å². The van der Waals surface area contributed by atoms with Crippen LogP contribution in [0.15, 0.2) is 24.3 Å². The Kier molecular flexibility index (Phi) is 3.14. The highest BCUT2D eigenvalue weighted by atomic mass is 35.5. The summed E-state index contributed by atoms with van der Waals surface area (Å²) in [5.74, 6) is 1.63. The Bertz CT molecular complexity index is 394. The van der Waals surface area contributed by atoms with E-state index < -0.39 is 0 Å². The maximum Gasteiger partial charge on any atom is 0.0440 e. The molecule has 1 aromatic carbocycles. The second-order valence-corrected chi connectivity index (χ2v) is 6.09. The third kappa shape index (κ3) is 2.51. The average Bonchev–Trinajstić information content (AvgIpc) is 3.07. The zero-order chi connectivity index (χ0) is 11.8. The van der Waals surface area contributed by atoms with Gasteiger partial charge in [-0.15, -0.1) is 0 Å². The fraction of sp³-hybridized carbons (Fsp3) is 0.600. The van der Waals surface area contributed by atoms with E-state index in [0.29, 0.717) is 18.0 Å². The molecule has 2 fully saturated rings. The summed E-state index contributed by atoms with van der Waals surface area (Å²) in [5.41, 5.74) is 1.34. The summed E-state index contributed by atoms with van der Waals surface area (Å²) in [6.45, 7) is 2.33. The topological polar surface area (TPSA) is 12.0 Å². The first-order valence-electron chi connectivity index (χ1n) is 6.74. The monoisotopic (exact) mass is 249 g/mol. The fourth-order valence-electron chi connectivity index (χ4n) is 2.92. The number of rotatable bonds is 4. The van der Waals surface area contributed by atoms with Crippen molar-refractivity contribution in [2.45, 2.75) is 50.6 Å². The zero-order valence-electron chi connectivity index (χ0n) is 10.3. The molecule has 2 saturated carbocycles. The summed E-state index contributed by atoms with van der Waals surface area (Å²) < 4.78 is 0. The smallest absolute Gasteiger partial charge is 0.0440 e. The van der Waals surface area contributed by atoms with Crippen LogP contribution in [0, 0.1) is 5.92 Å². The molecule has 2 aliphatic rings.